The number of rotatable bonds is 6. The molecule has 0 atom stereocenters. The van der Waals surface area contributed by atoms with Gasteiger partial charge < -0.3 is 10.2 Å². The van der Waals surface area contributed by atoms with E-state index in [0.29, 0.717) is 41.3 Å². The molecule has 2 heterocycles. The van der Waals surface area contributed by atoms with Crippen molar-refractivity contribution in [3.8, 4) is 11.3 Å². The van der Waals surface area contributed by atoms with Crippen molar-refractivity contribution in [2.45, 2.75) is 32.4 Å². The van der Waals surface area contributed by atoms with E-state index in [0.717, 1.165) is 35.5 Å². The number of carbonyl (C=O) groups is 2. The smallest absolute Gasteiger partial charge is 0.253 e. The van der Waals surface area contributed by atoms with Crippen molar-refractivity contribution in [1.82, 2.24) is 19.8 Å². The molecule has 0 spiro atoms. The van der Waals surface area contributed by atoms with Crippen LogP contribution in [0.3, 0.4) is 0 Å². The summed E-state index contributed by atoms with van der Waals surface area (Å²) in [4.78, 5) is 37.3. The predicted octanol–water partition coefficient (Wildman–Crippen LogP) is 5.15. The fourth-order valence-electron chi connectivity index (χ4n) is 4.22. The molecule has 7 nitrogen and oxygen atoms in total. The number of anilines is 1. The summed E-state index contributed by atoms with van der Waals surface area (Å²) in [5.41, 5.74) is 3.91. The van der Waals surface area contributed by atoms with Gasteiger partial charge in [-0.25, -0.2) is 0 Å². The lowest BCUT2D eigenvalue weighted by atomic mass is 10.0. The lowest BCUT2D eigenvalue weighted by Crippen LogP contribution is -2.45. The molecule has 9 heteroatoms. The number of likely N-dealkylation sites (tertiary alicyclic amines) is 1. The number of hydrogen-bond donors (Lipinski definition) is 1. The molecule has 4 rings (SSSR count). The van der Waals surface area contributed by atoms with Gasteiger partial charge in [-0.3, -0.25) is 24.5 Å². The molecule has 0 bridgehead atoms. The van der Waals surface area contributed by atoms with Crippen molar-refractivity contribution >= 4 is 40.7 Å². The molecule has 2 amide bonds. The Morgan fingerprint density at radius 1 is 1.03 bits per heavy atom. The Morgan fingerprint density at radius 2 is 1.74 bits per heavy atom. The molecule has 35 heavy (non-hydrogen) atoms. The average molecular weight is 512 g/mol. The molecular formula is C26H27Cl2N5O2. The lowest BCUT2D eigenvalue weighted by Gasteiger charge is -2.36. The van der Waals surface area contributed by atoms with Crippen LogP contribution < -0.4 is 5.32 Å². The van der Waals surface area contributed by atoms with Gasteiger partial charge >= 0.3 is 0 Å². The highest BCUT2D eigenvalue weighted by Crippen LogP contribution is 2.25. The largest absolute Gasteiger partial charge is 0.339 e. The van der Waals surface area contributed by atoms with Crippen molar-refractivity contribution in [2.75, 3.05) is 25.5 Å². The Kier molecular flexibility index (Phi) is 8.00. The molecule has 0 aliphatic carbocycles. The Balaban J connectivity index is 1.30. The summed E-state index contributed by atoms with van der Waals surface area (Å²) in [5.74, 6) is -0.119. The van der Waals surface area contributed by atoms with Crippen LogP contribution in [0.1, 0.15) is 35.8 Å². The van der Waals surface area contributed by atoms with E-state index in [1.807, 2.05) is 29.2 Å². The maximum absolute atomic E-state index is 12.8. The third-order valence-electron chi connectivity index (χ3n) is 6.16. The molecule has 2 aromatic carbocycles. The van der Waals surface area contributed by atoms with Crippen LogP contribution in [0.15, 0.2) is 54.9 Å². The van der Waals surface area contributed by atoms with Gasteiger partial charge in [0.25, 0.3) is 5.91 Å². The van der Waals surface area contributed by atoms with Gasteiger partial charge in [-0.1, -0.05) is 35.3 Å². The Labute approximate surface area is 215 Å². The first-order valence-electron chi connectivity index (χ1n) is 11.4. The molecule has 3 aromatic rings. The first-order chi connectivity index (χ1) is 16.8. The van der Waals surface area contributed by atoms with E-state index in [1.165, 1.54) is 6.92 Å². The van der Waals surface area contributed by atoms with Crippen LogP contribution in [-0.4, -0.2) is 57.8 Å². The SMILES string of the molecule is CC(=O)Nc1ccc(-c2cnc(CN(C)C3CCN(C(=O)c4ccc(Cl)c(Cl)c4)CC3)cn2)cc1. The van der Waals surface area contributed by atoms with Crippen LogP contribution in [0.5, 0.6) is 0 Å². The molecule has 1 aromatic heterocycles. The summed E-state index contributed by atoms with van der Waals surface area (Å²) in [6.07, 6.45) is 5.34. The molecule has 1 N–H and O–H groups in total. The van der Waals surface area contributed by atoms with Gasteiger partial charge in [0.1, 0.15) is 0 Å². The minimum Gasteiger partial charge on any atom is -0.339 e. The van der Waals surface area contributed by atoms with Crippen LogP contribution in [0, 0.1) is 0 Å². The van der Waals surface area contributed by atoms with Crippen LogP contribution in [-0.2, 0) is 11.3 Å². The van der Waals surface area contributed by atoms with Gasteiger partial charge in [-0.15, -0.1) is 0 Å². The molecule has 0 saturated carbocycles. The Hall–Kier alpha value is -3.00. The number of hydrogen-bond acceptors (Lipinski definition) is 5. The maximum atomic E-state index is 12.8. The topological polar surface area (TPSA) is 78.4 Å². The highest BCUT2D eigenvalue weighted by molar-refractivity contribution is 6.42. The van der Waals surface area contributed by atoms with Crippen LogP contribution in [0.2, 0.25) is 10.0 Å². The average Bonchev–Trinajstić information content (AvgIpc) is 2.86. The maximum Gasteiger partial charge on any atom is 0.253 e. The molecule has 0 unspecified atom stereocenters. The Bertz CT molecular complexity index is 1190. The van der Waals surface area contributed by atoms with Crippen molar-refractivity contribution in [3.05, 3.63) is 76.2 Å². The zero-order valence-corrected chi connectivity index (χ0v) is 21.2. The van der Waals surface area contributed by atoms with Crippen molar-refractivity contribution in [2.24, 2.45) is 0 Å². The highest BCUT2D eigenvalue weighted by atomic mass is 35.5. The minimum absolute atomic E-state index is 0.0174. The summed E-state index contributed by atoms with van der Waals surface area (Å²) in [6, 6.07) is 12.9. The van der Waals surface area contributed by atoms with Crippen molar-refractivity contribution < 1.29 is 9.59 Å². The van der Waals surface area contributed by atoms with Crippen molar-refractivity contribution in [1.29, 1.82) is 0 Å². The molecule has 0 radical (unpaired) electrons. The van der Waals surface area contributed by atoms with Crippen molar-refractivity contribution in [3.63, 3.8) is 0 Å². The first kappa shape index (κ1) is 25.1. The van der Waals surface area contributed by atoms with E-state index in [2.05, 4.69) is 27.2 Å². The molecule has 1 aliphatic heterocycles. The second-order valence-electron chi connectivity index (χ2n) is 8.72. The van der Waals surface area contributed by atoms with Gasteiger partial charge in [0.15, 0.2) is 0 Å². The number of benzene rings is 2. The number of nitrogens with one attached hydrogen (secondary N) is 1. The molecule has 182 valence electrons. The van der Waals surface area contributed by atoms with E-state index < -0.39 is 0 Å². The Morgan fingerprint density at radius 3 is 2.34 bits per heavy atom. The van der Waals surface area contributed by atoms with E-state index in [-0.39, 0.29) is 11.8 Å². The molecule has 1 saturated heterocycles. The quantitative estimate of drug-likeness (QED) is 0.495. The predicted molar refractivity (Wildman–Crippen MR) is 139 cm³/mol. The van der Waals surface area contributed by atoms with Crippen LogP contribution in [0.25, 0.3) is 11.3 Å². The van der Waals surface area contributed by atoms with Gasteiger partial charge in [0.2, 0.25) is 5.91 Å². The summed E-state index contributed by atoms with van der Waals surface area (Å²) < 4.78 is 0. The highest BCUT2D eigenvalue weighted by Gasteiger charge is 2.26. The van der Waals surface area contributed by atoms with Gasteiger partial charge in [0.05, 0.1) is 33.8 Å². The molecule has 1 fully saturated rings. The number of piperidine rings is 1. The van der Waals surface area contributed by atoms with Gasteiger partial charge in [-0.2, -0.15) is 0 Å². The van der Waals surface area contributed by atoms with E-state index in [9.17, 15) is 9.59 Å². The van der Waals surface area contributed by atoms with Crippen LogP contribution in [0.4, 0.5) is 5.69 Å². The zero-order chi connectivity index (χ0) is 24.9. The number of amides is 2. The second kappa shape index (κ2) is 11.2. The number of aromatic nitrogens is 2. The third-order valence-corrected chi connectivity index (χ3v) is 6.90. The second-order valence-corrected chi connectivity index (χ2v) is 9.53. The van der Waals surface area contributed by atoms with Gasteiger partial charge in [-0.05, 0) is 50.2 Å². The fraction of sp³-hybridized carbons (Fsp3) is 0.308. The van der Waals surface area contributed by atoms with Gasteiger partial charge in [0, 0.05) is 49.4 Å². The molecular weight excluding hydrogens is 485 g/mol. The number of halogens is 2. The third kappa shape index (κ3) is 6.36. The normalized spacial score (nSPS) is 14.3. The number of carbonyl (C=O) groups excluding carboxylic acids is 2. The first-order valence-corrected chi connectivity index (χ1v) is 12.2. The summed E-state index contributed by atoms with van der Waals surface area (Å²) in [7, 11) is 2.08. The minimum atomic E-state index is -0.102. The summed E-state index contributed by atoms with van der Waals surface area (Å²) >= 11 is 12.0. The molecule has 1 aliphatic rings. The standard InChI is InChI=1S/C26H27Cl2N5O2/c1-17(34)31-20-6-3-18(4-7-20)25-15-29-21(14-30-25)16-32(2)22-9-11-33(12-10-22)26(35)19-5-8-23(27)24(28)13-19/h3-8,13-15,22H,9-12,16H2,1-2H3,(H,31,34). The van der Waals surface area contributed by atoms with Crippen LogP contribution >= 0.6 is 23.2 Å². The van der Waals surface area contributed by atoms with E-state index in [4.69, 9.17) is 23.2 Å². The van der Waals surface area contributed by atoms with E-state index in [1.54, 1.807) is 30.6 Å². The fourth-order valence-corrected chi connectivity index (χ4v) is 4.52. The van der Waals surface area contributed by atoms with E-state index >= 15 is 0 Å². The summed E-state index contributed by atoms with van der Waals surface area (Å²) in [5, 5.41) is 3.59. The lowest BCUT2D eigenvalue weighted by molar-refractivity contribution is -0.114. The monoisotopic (exact) mass is 511 g/mol. The zero-order valence-electron chi connectivity index (χ0n) is 19.7. The summed E-state index contributed by atoms with van der Waals surface area (Å²) in [6.45, 7) is 3.54. The number of nitrogens with zero attached hydrogens (tertiary/aromatic N) is 4.